The Morgan fingerprint density at radius 1 is 0.284 bits per heavy atom. The van der Waals surface area contributed by atoms with E-state index in [2.05, 4.69) is 113 Å². The van der Waals surface area contributed by atoms with Crippen LogP contribution in [0.4, 0.5) is 0 Å². The third-order valence-corrected chi connectivity index (χ3v) is 19.2. The summed E-state index contributed by atoms with van der Waals surface area (Å²) in [4.78, 5) is 73.0. The molecule has 5 atom stereocenters. The van der Waals surface area contributed by atoms with Crippen molar-refractivity contribution in [2.75, 3.05) is 39.6 Å². The zero-order chi connectivity index (χ0) is 74.6. The van der Waals surface area contributed by atoms with Gasteiger partial charge in [0.2, 0.25) is 0 Å². The van der Waals surface area contributed by atoms with Gasteiger partial charge in [0.25, 0.3) is 0 Å². The summed E-state index contributed by atoms with van der Waals surface area (Å²) in [6.45, 7) is 4.72. The first-order valence-electron chi connectivity index (χ1n) is 40.8. The number of carbonyl (C=O) groups excluding carboxylic acids is 4. The second kappa shape index (κ2) is 75.5. The zero-order valence-electron chi connectivity index (χ0n) is 64.8. The lowest BCUT2D eigenvalue weighted by molar-refractivity contribution is -0.161. The molecule has 0 bridgehead atoms. The molecule has 17 nitrogen and oxygen atoms in total. The summed E-state index contributed by atoms with van der Waals surface area (Å²) in [5, 5.41) is 10.6. The molecule has 0 spiro atoms. The van der Waals surface area contributed by atoms with Gasteiger partial charge in [0.05, 0.1) is 26.4 Å². The van der Waals surface area contributed by atoms with E-state index in [0.29, 0.717) is 25.7 Å². The predicted molar refractivity (Wildman–Crippen MR) is 418 cm³/mol. The second-order valence-corrected chi connectivity index (χ2v) is 30.2. The largest absolute Gasteiger partial charge is 0.472 e. The molecule has 0 heterocycles. The maximum Gasteiger partial charge on any atom is 0.472 e. The maximum atomic E-state index is 13.1. The molecule has 3 N–H and O–H groups in total. The van der Waals surface area contributed by atoms with Crippen molar-refractivity contribution >= 4 is 39.5 Å². The Kier molecular flexibility index (Phi) is 72.7. The highest BCUT2D eigenvalue weighted by molar-refractivity contribution is 7.47. The van der Waals surface area contributed by atoms with Crippen LogP contribution in [0, 0.1) is 0 Å². The van der Waals surface area contributed by atoms with Gasteiger partial charge in [-0.2, -0.15) is 0 Å². The molecule has 0 amide bonds. The van der Waals surface area contributed by atoms with Crippen molar-refractivity contribution in [1.29, 1.82) is 0 Å². The van der Waals surface area contributed by atoms with Crippen LogP contribution in [0.5, 0.6) is 0 Å². The normalized spacial score (nSPS) is 14.3. The lowest BCUT2D eigenvalue weighted by atomic mass is 10.0. The van der Waals surface area contributed by atoms with E-state index in [0.717, 1.165) is 173 Å². The summed E-state index contributed by atoms with van der Waals surface area (Å²) in [5.74, 6) is -2.19. The van der Waals surface area contributed by atoms with Crippen LogP contribution >= 0.6 is 15.6 Å². The lowest BCUT2D eigenvalue weighted by Crippen LogP contribution is -2.30. The molecule has 0 saturated heterocycles. The third-order valence-electron chi connectivity index (χ3n) is 17.3. The number of rotatable bonds is 77. The number of aliphatic hydroxyl groups is 1. The van der Waals surface area contributed by atoms with Gasteiger partial charge in [-0.25, -0.2) is 9.13 Å². The maximum absolute atomic E-state index is 13.1. The smallest absolute Gasteiger partial charge is 0.462 e. The monoisotopic (exact) mass is 1480 g/mol. The van der Waals surface area contributed by atoms with E-state index in [1.807, 2.05) is 0 Å². The molecule has 19 heteroatoms. The topological polar surface area (TPSA) is 237 Å². The number of phosphoric acid groups is 2. The van der Waals surface area contributed by atoms with E-state index in [-0.39, 0.29) is 25.7 Å². The quantitative estimate of drug-likeness (QED) is 0.0169. The molecule has 0 aliphatic rings. The Morgan fingerprint density at radius 2 is 0.529 bits per heavy atom. The van der Waals surface area contributed by atoms with Crippen molar-refractivity contribution in [3.8, 4) is 0 Å². The second-order valence-electron chi connectivity index (χ2n) is 27.3. The average molecular weight is 1480 g/mol. The standard InChI is InChI=1S/C83H148O17P2/c1-5-9-13-17-21-25-29-33-36-37-38-39-42-45-48-52-56-60-64-68-81(86)94-74-79(100-83(88)70-66-62-58-54-50-46-41-35-31-27-23-19-15-11-7-3)76-98-102(91,92)96-72-77(84)71-95-101(89,90)97-75-78(99-82(87)69-65-61-57-53-49-43-32-28-24-20-16-12-8-4)73-93-80(85)67-63-59-55-51-47-44-40-34-30-26-22-18-14-10-6-2/h9,13,16,20-21,25,28,32-33,35-36,38-39,41,77-79,84H,5-8,10-12,14-15,17-19,22-24,26-27,29-31,34,37,40,42-76H2,1-4H3,(H,89,90)(H,91,92)/b13-9-,20-16-,25-21-,32-28-,36-33-,39-38-,41-35-. The minimum Gasteiger partial charge on any atom is -0.462 e. The summed E-state index contributed by atoms with van der Waals surface area (Å²) in [6, 6.07) is 0. The van der Waals surface area contributed by atoms with Crippen molar-refractivity contribution < 1.29 is 80.2 Å². The molecular weight excluding hydrogens is 1330 g/mol. The number of unbranched alkanes of at least 4 members (excludes halogenated alkanes) is 37. The van der Waals surface area contributed by atoms with Crippen molar-refractivity contribution in [3.63, 3.8) is 0 Å². The van der Waals surface area contributed by atoms with Crippen LogP contribution in [0.3, 0.4) is 0 Å². The number of ether oxygens (including phenoxy) is 4. The number of esters is 4. The summed E-state index contributed by atoms with van der Waals surface area (Å²) >= 11 is 0. The van der Waals surface area contributed by atoms with Gasteiger partial charge in [0, 0.05) is 25.7 Å². The van der Waals surface area contributed by atoms with E-state index in [9.17, 15) is 43.2 Å². The first-order valence-corrected chi connectivity index (χ1v) is 43.8. The molecule has 0 fully saturated rings. The molecule has 0 saturated carbocycles. The van der Waals surface area contributed by atoms with Crippen LogP contribution in [0.1, 0.15) is 362 Å². The van der Waals surface area contributed by atoms with Gasteiger partial charge in [0.1, 0.15) is 19.3 Å². The molecule has 0 rings (SSSR count). The van der Waals surface area contributed by atoms with Crippen LogP contribution in [-0.4, -0.2) is 96.7 Å². The van der Waals surface area contributed by atoms with Gasteiger partial charge >= 0.3 is 39.5 Å². The van der Waals surface area contributed by atoms with E-state index in [4.69, 9.17) is 37.0 Å². The SMILES string of the molecule is CC/C=C\C/C=C\C/C=C\C/C=C\CCCCCCCCC(=O)OCC(COP(=O)(O)OCC(O)COP(=O)(O)OCC(COC(=O)CCCCCCCCCCCCCCCCC)OC(=O)CCCCCCC/C=C\C/C=C\CCC)OC(=O)CCCCCCC/C=C\CCCCCCCC. The van der Waals surface area contributed by atoms with Gasteiger partial charge in [-0.15, -0.1) is 0 Å². The van der Waals surface area contributed by atoms with Gasteiger partial charge in [-0.1, -0.05) is 305 Å². The highest BCUT2D eigenvalue weighted by atomic mass is 31.2. The first kappa shape index (κ1) is 98.2. The number of aliphatic hydroxyl groups excluding tert-OH is 1. The van der Waals surface area contributed by atoms with E-state index in [1.165, 1.54) is 109 Å². The van der Waals surface area contributed by atoms with Crippen molar-refractivity contribution in [2.24, 2.45) is 0 Å². The minimum absolute atomic E-state index is 0.0821. The molecule has 0 aliphatic heterocycles. The van der Waals surface area contributed by atoms with Crippen LogP contribution < -0.4 is 0 Å². The Bertz CT molecular complexity index is 2260. The number of carbonyl (C=O) groups is 4. The predicted octanol–water partition coefficient (Wildman–Crippen LogP) is 23.8. The van der Waals surface area contributed by atoms with Gasteiger partial charge in [-0.3, -0.25) is 37.3 Å². The summed E-state index contributed by atoms with van der Waals surface area (Å²) in [6.07, 6.45) is 78.4. The Hall–Kier alpha value is -3.76. The Labute approximate surface area is 621 Å². The van der Waals surface area contributed by atoms with E-state index < -0.39 is 97.5 Å². The van der Waals surface area contributed by atoms with E-state index in [1.54, 1.807) is 0 Å². The molecule has 102 heavy (non-hydrogen) atoms. The summed E-state index contributed by atoms with van der Waals surface area (Å²) in [5.41, 5.74) is 0. The van der Waals surface area contributed by atoms with Crippen molar-refractivity contribution in [3.05, 3.63) is 85.1 Å². The fourth-order valence-electron chi connectivity index (χ4n) is 11.1. The van der Waals surface area contributed by atoms with Crippen molar-refractivity contribution in [2.45, 2.75) is 380 Å². The van der Waals surface area contributed by atoms with Gasteiger partial charge in [0.15, 0.2) is 12.2 Å². The Balaban J connectivity index is 5.34. The van der Waals surface area contributed by atoms with Crippen LogP contribution in [0.15, 0.2) is 85.1 Å². The average Bonchev–Trinajstić information content (AvgIpc) is 0.924. The van der Waals surface area contributed by atoms with Crippen molar-refractivity contribution in [1.82, 2.24) is 0 Å². The number of hydrogen-bond acceptors (Lipinski definition) is 15. The fourth-order valence-corrected chi connectivity index (χ4v) is 12.7. The van der Waals surface area contributed by atoms with Gasteiger partial charge in [-0.05, 0) is 116 Å². The lowest BCUT2D eigenvalue weighted by Gasteiger charge is -2.21. The fraction of sp³-hybridized carbons (Fsp3) is 0.783. The number of phosphoric ester groups is 2. The number of hydrogen-bond donors (Lipinski definition) is 3. The molecule has 0 aromatic carbocycles. The minimum atomic E-state index is -4.98. The molecule has 0 radical (unpaired) electrons. The molecular formula is C83H148O17P2. The third kappa shape index (κ3) is 74.5. The first-order chi connectivity index (χ1) is 49.7. The van der Waals surface area contributed by atoms with Gasteiger partial charge < -0.3 is 33.8 Å². The van der Waals surface area contributed by atoms with E-state index >= 15 is 0 Å². The van der Waals surface area contributed by atoms with Crippen LogP contribution in [-0.2, 0) is 65.4 Å². The Morgan fingerprint density at radius 3 is 0.833 bits per heavy atom. The molecule has 0 aromatic heterocycles. The highest BCUT2D eigenvalue weighted by Crippen LogP contribution is 2.45. The molecule has 592 valence electrons. The highest BCUT2D eigenvalue weighted by Gasteiger charge is 2.30. The summed E-state index contributed by atoms with van der Waals surface area (Å²) in [7, 11) is -9.96. The number of allylic oxidation sites excluding steroid dienone is 14. The zero-order valence-corrected chi connectivity index (χ0v) is 66.6. The molecule has 5 unspecified atom stereocenters. The van der Waals surface area contributed by atoms with Crippen LogP contribution in [0.2, 0.25) is 0 Å². The molecule has 0 aromatic rings. The van der Waals surface area contributed by atoms with Crippen LogP contribution in [0.25, 0.3) is 0 Å². The summed E-state index contributed by atoms with van der Waals surface area (Å²) < 4.78 is 68.6. The molecule has 0 aliphatic carbocycles.